The van der Waals surface area contributed by atoms with Crippen LogP contribution in [0.15, 0.2) is 36.4 Å². The van der Waals surface area contributed by atoms with Crippen LogP contribution in [0.2, 0.25) is 0 Å². The summed E-state index contributed by atoms with van der Waals surface area (Å²) in [6.45, 7) is 3.98. The van der Waals surface area contributed by atoms with Crippen LogP contribution >= 0.6 is 0 Å². The van der Waals surface area contributed by atoms with Gasteiger partial charge in [0.05, 0.1) is 0 Å². The molecule has 1 aliphatic heterocycles. The number of ether oxygens (including phenoxy) is 2. The number of carbonyl (C=O) groups is 2. The number of hydrogen-bond acceptors (Lipinski definition) is 4. The Labute approximate surface area is 151 Å². The number of amides is 1. The minimum absolute atomic E-state index is 0.173. The number of aryl methyl sites for hydroxylation is 2. The third kappa shape index (κ3) is 4.14. The molecule has 0 aromatic heterocycles. The number of carboxylic acid groups (broad SMARTS) is 1. The number of hydrogen-bond donors (Lipinski definition) is 2. The number of aliphatic carboxylic acids is 1. The maximum atomic E-state index is 12.4. The third-order valence-corrected chi connectivity index (χ3v) is 4.37. The van der Waals surface area contributed by atoms with E-state index in [2.05, 4.69) is 11.4 Å². The Kier molecular flexibility index (Phi) is 5.11. The molecule has 2 N–H and O–H groups in total. The monoisotopic (exact) mass is 355 g/mol. The zero-order valence-electron chi connectivity index (χ0n) is 14.7. The molecule has 0 radical (unpaired) electrons. The number of nitrogens with one attached hydrogen (secondary N) is 1. The summed E-state index contributed by atoms with van der Waals surface area (Å²) >= 11 is 0. The van der Waals surface area contributed by atoms with Crippen molar-refractivity contribution in [1.82, 2.24) is 5.32 Å². The highest BCUT2D eigenvalue weighted by Crippen LogP contribution is 2.31. The van der Waals surface area contributed by atoms with Crippen LogP contribution < -0.4 is 14.8 Å². The summed E-state index contributed by atoms with van der Waals surface area (Å²) < 4.78 is 10.9. The predicted octanol–water partition coefficient (Wildman–Crippen LogP) is 2.39. The Bertz CT molecular complexity index is 815. The average Bonchev–Trinajstić information content (AvgIpc) is 3.01. The van der Waals surface area contributed by atoms with Crippen LogP contribution in [0.25, 0.3) is 0 Å². The zero-order chi connectivity index (χ0) is 18.7. The SMILES string of the molecule is Cc1cc2c(cc1C)OC(C(=O)NCc1cccc(OCC(=O)O)c1)C2. The van der Waals surface area contributed by atoms with Gasteiger partial charge in [-0.05, 0) is 54.3 Å². The van der Waals surface area contributed by atoms with E-state index < -0.39 is 18.7 Å². The van der Waals surface area contributed by atoms with Crippen LogP contribution in [0, 0.1) is 13.8 Å². The van der Waals surface area contributed by atoms with Crippen molar-refractivity contribution in [3.63, 3.8) is 0 Å². The van der Waals surface area contributed by atoms with Gasteiger partial charge in [-0.3, -0.25) is 4.79 Å². The normalized spacial score (nSPS) is 15.1. The number of carbonyl (C=O) groups excluding carboxylic acids is 1. The van der Waals surface area contributed by atoms with Crippen molar-refractivity contribution >= 4 is 11.9 Å². The van der Waals surface area contributed by atoms with Crippen LogP contribution in [-0.4, -0.2) is 29.7 Å². The first kappa shape index (κ1) is 17.8. The van der Waals surface area contributed by atoms with Gasteiger partial charge in [0.15, 0.2) is 12.7 Å². The van der Waals surface area contributed by atoms with E-state index in [1.807, 2.05) is 26.0 Å². The van der Waals surface area contributed by atoms with E-state index in [0.29, 0.717) is 18.7 Å². The van der Waals surface area contributed by atoms with E-state index in [0.717, 1.165) is 22.4 Å². The fourth-order valence-corrected chi connectivity index (χ4v) is 2.85. The Balaban J connectivity index is 1.56. The van der Waals surface area contributed by atoms with Crippen LogP contribution in [-0.2, 0) is 22.6 Å². The molecule has 0 spiro atoms. The van der Waals surface area contributed by atoms with Gasteiger partial charge in [0.2, 0.25) is 0 Å². The van der Waals surface area contributed by atoms with Gasteiger partial charge in [0.25, 0.3) is 5.91 Å². The number of benzene rings is 2. The lowest BCUT2D eigenvalue weighted by atomic mass is 10.0. The van der Waals surface area contributed by atoms with Crippen molar-refractivity contribution in [3.05, 3.63) is 58.7 Å². The second kappa shape index (κ2) is 7.47. The van der Waals surface area contributed by atoms with E-state index in [1.54, 1.807) is 18.2 Å². The number of fused-ring (bicyclic) bond motifs is 1. The molecular formula is C20H21NO5. The van der Waals surface area contributed by atoms with E-state index in [4.69, 9.17) is 14.6 Å². The summed E-state index contributed by atoms with van der Waals surface area (Å²) in [5, 5.41) is 11.5. The molecule has 2 aromatic rings. The maximum absolute atomic E-state index is 12.4. The van der Waals surface area contributed by atoms with E-state index in [9.17, 15) is 9.59 Å². The number of rotatable bonds is 6. The molecule has 1 aliphatic rings. The van der Waals surface area contributed by atoms with E-state index >= 15 is 0 Å². The number of carboxylic acids is 1. The first-order valence-electron chi connectivity index (χ1n) is 8.40. The van der Waals surface area contributed by atoms with E-state index in [1.165, 1.54) is 5.56 Å². The second-order valence-electron chi connectivity index (χ2n) is 6.40. The molecule has 6 nitrogen and oxygen atoms in total. The molecule has 6 heteroatoms. The lowest BCUT2D eigenvalue weighted by Crippen LogP contribution is -2.37. The van der Waals surface area contributed by atoms with Gasteiger partial charge in [-0.25, -0.2) is 4.79 Å². The highest BCUT2D eigenvalue weighted by atomic mass is 16.5. The molecule has 2 aromatic carbocycles. The molecule has 136 valence electrons. The molecule has 0 bridgehead atoms. The fourth-order valence-electron chi connectivity index (χ4n) is 2.85. The van der Waals surface area contributed by atoms with Gasteiger partial charge in [-0.2, -0.15) is 0 Å². The quantitative estimate of drug-likeness (QED) is 0.831. The lowest BCUT2D eigenvalue weighted by molar-refractivity contribution is -0.139. The van der Waals surface area contributed by atoms with Crippen molar-refractivity contribution in [2.75, 3.05) is 6.61 Å². The summed E-state index contributed by atoms with van der Waals surface area (Å²) in [5.41, 5.74) is 4.20. The van der Waals surface area contributed by atoms with E-state index in [-0.39, 0.29) is 5.91 Å². The minimum Gasteiger partial charge on any atom is -0.482 e. The van der Waals surface area contributed by atoms with Gasteiger partial charge >= 0.3 is 5.97 Å². The fraction of sp³-hybridized carbons (Fsp3) is 0.300. The smallest absolute Gasteiger partial charge is 0.341 e. The molecule has 0 saturated heterocycles. The first-order chi connectivity index (χ1) is 12.4. The van der Waals surface area contributed by atoms with Crippen molar-refractivity contribution < 1.29 is 24.2 Å². The molecule has 0 fully saturated rings. The molecule has 3 rings (SSSR count). The summed E-state index contributed by atoms with van der Waals surface area (Å²) in [5.74, 6) is 0.0208. The molecular weight excluding hydrogens is 334 g/mol. The largest absolute Gasteiger partial charge is 0.482 e. The minimum atomic E-state index is -1.04. The van der Waals surface area contributed by atoms with Gasteiger partial charge < -0.3 is 19.9 Å². The van der Waals surface area contributed by atoms with Gasteiger partial charge in [-0.1, -0.05) is 18.2 Å². The zero-order valence-corrected chi connectivity index (χ0v) is 14.7. The molecule has 1 heterocycles. The Hall–Kier alpha value is -3.02. The Morgan fingerprint density at radius 3 is 2.77 bits per heavy atom. The summed E-state index contributed by atoms with van der Waals surface area (Å²) in [4.78, 5) is 23.0. The lowest BCUT2D eigenvalue weighted by Gasteiger charge is -2.12. The highest BCUT2D eigenvalue weighted by Gasteiger charge is 2.29. The van der Waals surface area contributed by atoms with Crippen LogP contribution in [0.4, 0.5) is 0 Å². The highest BCUT2D eigenvalue weighted by molar-refractivity contribution is 5.82. The van der Waals surface area contributed by atoms with Gasteiger partial charge in [0.1, 0.15) is 11.5 Å². The van der Waals surface area contributed by atoms with Crippen molar-refractivity contribution in [1.29, 1.82) is 0 Å². The van der Waals surface area contributed by atoms with Gasteiger partial charge in [0, 0.05) is 13.0 Å². The molecule has 26 heavy (non-hydrogen) atoms. The summed E-state index contributed by atoms with van der Waals surface area (Å²) in [6.07, 6.45) is 0.0296. The predicted molar refractivity (Wildman–Crippen MR) is 95.5 cm³/mol. The Morgan fingerprint density at radius 1 is 1.23 bits per heavy atom. The van der Waals surface area contributed by atoms with Crippen LogP contribution in [0.1, 0.15) is 22.3 Å². The molecule has 0 saturated carbocycles. The summed E-state index contributed by atoms with van der Waals surface area (Å²) in [6, 6.07) is 11.0. The molecule has 1 amide bonds. The standard InChI is InChI=1S/C20H21NO5/c1-12-6-15-9-18(26-17(15)7-13(12)2)20(24)21-10-14-4-3-5-16(8-14)25-11-19(22)23/h3-8,18H,9-11H2,1-2H3,(H,21,24)(H,22,23). The molecule has 0 aliphatic carbocycles. The average molecular weight is 355 g/mol. The molecule has 1 unspecified atom stereocenters. The third-order valence-electron chi connectivity index (χ3n) is 4.37. The van der Waals surface area contributed by atoms with Gasteiger partial charge in [-0.15, -0.1) is 0 Å². The summed E-state index contributed by atoms with van der Waals surface area (Å²) in [7, 11) is 0. The van der Waals surface area contributed by atoms with Crippen molar-refractivity contribution in [2.24, 2.45) is 0 Å². The second-order valence-corrected chi connectivity index (χ2v) is 6.40. The van der Waals surface area contributed by atoms with Crippen LogP contribution in [0.5, 0.6) is 11.5 Å². The topological polar surface area (TPSA) is 84.9 Å². The van der Waals surface area contributed by atoms with Crippen molar-refractivity contribution in [2.45, 2.75) is 32.9 Å². The van der Waals surface area contributed by atoms with Crippen LogP contribution in [0.3, 0.4) is 0 Å². The maximum Gasteiger partial charge on any atom is 0.341 e. The molecule has 1 atom stereocenters. The first-order valence-corrected chi connectivity index (χ1v) is 8.40. The Morgan fingerprint density at radius 2 is 2.00 bits per heavy atom. The van der Waals surface area contributed by atoms with Crippen molar-refractivity contribution in [3.8, 4) is 11.5 Å².